The van der Waals surface area contributed by atoms with Crippen molar-refractivity contribution in [3.63, 3.8) is 0 Å². The highest BCUT2D eigenvalue weighted by molar-refractivity contribution is 4.97. The molecule has 2 N–H and O–H groups in total. The molecule has 0 aromatic carbocycles. The second-order valence-corrected chi connectivity index (χ2v) is 7.15. The van der Waals surface area contributed by atoms with E-state index in [-0.39, 0.29) is 5.54 Å². The fourth-order valence-electron chi connectivity index (χ4n) is 3.47. The SMILES string of the molecule is CC(C)CC(C)N(C)C1(CN)CCN(C(C)C)CC1. The summed E-state index contributed by atoms with van der Waals surface area (Å²) in [5, 5.41) is 0. The molecule has 3 nitrogen and oxygen atoms in total. The Hall–Kier alpha value is -0.120. The predicted molar refractivity (Wildman–Crippen MR) is 84.4 cm³/mol. The highest BCUT2D eigenvalue weighted by Crippen LogP contribution is 2.30. The monoisotopic (exact) mass is 269 g/mol. The minimum absolute atomic E-state index is 0.222. The lowest BCUT2D eigenvalue weighted by Gasteiger charge is -2.50. The first kappa shape index (κ1) is 16.9. The third-order valence-electron chi connectivity index (χ3n) is 5.06. The van der Waals surface area contributed by atoms with Gasteiger partial charge in [-0.2, -0.15) is 0 Å². The normalized spacial score (nSPS) is 22.4. The Kier molecular flexibility index (Phi) is 6.28. The van der Waals surface area contributed by atoms with E-state index < -0.39 is 0 Å². The molecule has 0 aliphatic carbocycles. The van der Waals surface area contributed by atoms with Gasteiger partial charge in [0.25, 0.3) is 0 Å². The maximum Gasteiger partial charge on any atom is 0.0355 e. The van der Waals surface area contributed by atoms with Gasteiger partial charge in [0.05, 0.1) is 0 Å². The summed E-state index contributed by atoms with van der Waals surface area (Å²) in [7, 11) is 2.28. The third-order valence-corrected chi connectivity index (χ3v) is 5.06. The van der Waals surface area contributed by atoms with Crippen molar-refractivity contribution in [2.24, 2.45) is 11.7 Å². The van der Waals surface area contributed by atoms with Crippen molar-refractivity contribution in [3.8, 4) is 0 Å². The second-order valence-electron chi connectivity index (χ2n) is 7.15. The molecular formula is C16H35N3. The third kappa shape index (κ3) is 4.17. The smallest absolute Gasteiger partial charge is 0.0355 e. The van der Waals surface area contributed by atoms with Crippen molar-refractivity contribution >= 4 is 0 Å². The molecule has 19 heavy (non-hydrogen) atoms. The number of nitrogens with zero attached hydrogens (tertiary/aromatic N) is 2. The van der Waals surface area contributed by atoms with Crippen LogP contribution in [0, 0.1) is 5.92 Å². The molecule has 0 radical (unpaired) electrons. The van der Waals surface area contributed by atoms with Crippen LogP contribution in [0.2, 0.25) is 0 Å². The van der Waals surface area contributed by atoms with Crippen LogP contribution < -0.4 is 5.73 Å². The number of likely N-dealkylation sites (tertiary alicyclic amines) is 1. The number of hydrogen-bond acceptors (Lipinski definition) is 3. The minimum Gasteiger partial charge on any atom is -0.329 e. The van der Waals surface area contributed by atoms with E-state index in [1.54, 1.807) is 0 Å². The summed E-state index contributed by atoms with van der Waals surface area (Å²) >= 11 is 0. The van der Waals surface area contributed by atoms with E-state index in [9.17, 15) is 0 Å². The molecule has 1 heterocycles. The summed E-state index contributed by atoms with van der Waals surface area (Å²) in [6.45, 7) is 14.7. The molecule has 1 rings (SSSR count). The molecule has 1 aliphatic heterocycles. The lowest BCUT2D eigenvalue weighted by Crippen LogP contribution is -2.61. The summed E-state index contributed by atoms with van der Waals surface area (Å²) in [5.41, 5.74) is 6.39. The molecule has 3 heteroatoms. The maximum atomic E-state index is 6.17. The maximum absolute atomic E-state index is 6.17. The van der Waals surface area contributed by atoms with E-state index in [1.807, 2.05) is 0 Å². The van der Waals surface area contributed by atoms with Crippen LogP contribution in [0.1, 0.15) is 53.9 Å². The zero-order chi connectivity index (χ0) is 14.6. The first-order chi connectivity index (χ1) is 8.82. The standard InChI is InChI=1S/C16H35N3/c1-13(2)11-15(5)18(6)16(12-17)7-9-19(10-8-16)14(3)4/h13-15H,7-12,17H2,1-6H3. The van der Waals surface area contributed by atoms with Gasteiger partial charge in [-0.3, -0.25) is 4.90 Å². The van der Waals surface area contributed by atoms with Crippen molar-refractivity contribution in [3.05, 3.63) is 0 Å². The van der Waals surface area contributed by atoms with Crippen LogP contribution in [0.15, 0.2) is 0 Å². The van der Waals surface area contributed by atoms with Gasteiger partial charge in [0, 0.05) is 37.3 Å². The van der Waals surface area contributed by atoms with Crippen molar-refractivity contribution in [2.45, 2.75) is 71.5 Å². The second kappa shape index (κ2) is 7.05. The van der Waals surface area contributed by atoms with Crippen molar-refractivity contribution in [1.29, 1.82) is 0 Å². The molecule has 1 saturated heterocycles. The van der Waals surface area contributed by atoms with Crippen LogP contribution in [-0.4, -0.2) is 54.1 Å². The molecule has 0 bridgehead atoms. The first-order valence-electron chi connectivity index (χ1n) is 7.99. The summed E-state index contributed by atoms with van der Waals surface area (Å²) in [6.07, 6.45) is 3.67. The fraction of sp³-hybridized carbons (Fsp3) is 1.00. The Morgan fingerprint density at radius 1 is 1.11 bits per heavy atom. The molecule has 0 amide bonds. The summed E-state index contributed by atoms with van der Waals surface area (Å²) < 4.78 is 0. The molecule has 1 fully saturated rings. The number of nitrogens with two attached hydrogens (primary N) is 1. The van der Waals surface area contributed by atoms with Gasteiger partial charge in [0.2, 0.25) is 0 Å². The van der Waals surface area contributed by atoms with Gasteiger partial charge in [0.1, 0.15) is 0 Å². The van der Waals surface area contributed by atoms with Crippen molar-refractivity contribution < 1.29 is 0 Å². The van der Waals surface area contributed by atoms with Gasteiger partial charge < -0.3 is 10.6 Å². The molecule has 114 valence electrons. The number of likely N-dealkylation sites (N-methyl/N-ethyl adjacent to an activating group) is 1. The zero-order valence-electron chi connectivity index (χ0n) is 13.9. The van der Waals surface area contributed by atoms with Crippen molar-refractivity contribution in [2.75, 3.05) is 26.7 Å². The van der Waals surface area contributed by atoms with E-state index in [2.05, 4.69) is 51.5 Å². The predicted octanol–water partition coefficient (Wildman–Crippen LogP) is 2.55. The molecule has 0 aromatic rings. The first-order valence-corrected chi connectivity index (χ1v) is 7.99. The van der Waals surface area contributed by atoms with Crippen LogP contribution in [0.4, 0.5) is 0 Å². The summed E-state index contributed by atoms with van der Waals surface area (Å²) in [6, 6.07) is 1.28. The number of rotatable bonds is 6. The van der Waals surface area contributed by atoms with Gasteiger partial charge in [-0.25, -0.2) is 0 Å². The Labute approximate surface area is 120 Å². The van der Waals surface area contributed by atoms with E-state index >= 15 is 0 Å². The molecule has 0 spiro atoms. The average molecular weight is 269 g/mol. The van der Waals surface area contributed by atoms with Crippen LogP contribution in [0.5, 0.6) is 0 Å². The Morgan fingerprint density at radius 3 is 2.00 bits per heavy atom. The van der Waals surface area contributed by atoms with Crippen LogP contribution in [0.25, 0.3) is 0 Å². The zero-order valence-corrected chi connectivity index (χ0v) is 13.9. The van der Waals surface area contributed by atoms with Gasteiger partial charge in [-0.15, -0.1) is 0 Å². The van der Waals surface area contributed by atoms with Crippen molar-refractivity contribution in [1.82, 2.24) is 9.80 Å². The average Bonchev–Trinajstić information content (AvgIpc) is 2.37. The van der Waals surface area contributed by atoms with E-state index in [0.29, 0.717) is 12.1 Å². The molecular weight excluding hydrogens is 234 g/mol. The van der Waals surface area contributed by atoms with E-state index in [1.165, 1.54) is 32.4 Å². The largest absolute Gasteiger partial charge is 0.329 e. The number of hydrogen-bond donors (Lipinski definition) is 1. The van der Waals surface area contributed by atoms with E-state index in [4.69, 9.17) is 5.73 Å². The lowest BCUT2D eigenvalue weighted by atomic mass is 9.83. The summed E-state index contributed by atoms with van der Waals surface area (Å²) in [5.74, 6) is 0.753. The molecule has 0 aromatic heterocycles. The van der Waals surface area contributed by atoms with Gasteiger partial charge in [-0.1, -0.05) is 13.8 Å². The summed E-state index contributed by atoms with van der Waals surface area (Å²) in [4.78, 5) is 5.15. The fourth-order valence-corrected chi connectivity index (χ4v) is 3.47. The Morgan fingerprint density at radius 2 is 1.63 bits per heavy atom. The van der Waals surface area contributed by atoms with Gasteiger partial charge >= 0.3 is 0 Å². The Bertz CT molecular complexity index is 255. The molecule has 1 unspecified atom stereocenters. The van der Waals surface area contributed by atoms with Crippen LogP contribution in [0.3, 0.4) is 0 Å². The van der Waals surface area contributed by atoms with Gasteiger partial charge in [0.15, 0.2) is 0 Å². The Balaban J connectivity index is 2.66. The quantitative estimate of drug-likeness (QED) is 0.804. The molecule has 0 saturated carbocycles. The topological polar surface area (TPSA) is 32.5 Å². The number of piperidine rings is 1. The van der Waals surface area contributed by atoms with Crippen LogP contribution >= 0.6 is 0 Å². The highest BCUT2D eigenvalue weighted by atomic mass is 15.2. The van der Waals surface area contributed by atoms with Gasteiger partial charge in [-0.05, 0) is 53.0 Å². The lowest BCUT2D eigenvalue weighted by molar-refractivity contribution is 0.00810. The minimum atomic E-state index is 0.222. The molecule has 1 atom stereocenters. The van der Waals surface area contributed by atoms with E-state index in [0.717, 1.165) is 12.5 Å². The van der Waals surface area contributed by atoms with Crippen LogP contribution in [-0.2, 0) is 0 Å². The molecule has 1 aliphatic rings. The highest BCUT2D eigenvalue weighted by Gasteiger charge is 2.39.